The lowest BCUT2D eigenvalue weighted by atomic mass is 10.1. The van der Waals surface area contributed by atoms with Gasteiger partial charge in [0.15, 0.2) is 5.82 Å². The molecule has 3 heterocycles. The number of fused-ring (bicyclic) bond motifs is 1. The highest BCUT2D eigenvalue weighted by Gasteiger charge is 2.19. The predicted molar refractivity (Wildman–Crippen MR) is 108 cm³/mol. The third kappa shape index (κ3) is 3.80. The number of pyridine rings is 1. The SMILES string of the molecule is CCNc1cccc2cc(Nc3cnc(C#N)c(OC4CCNC4)n3)ncc12. The van der Waals surface area contributed by atoms with Crippen molar-refractivity contribution in [1.29, 1.82) is 5.26 Å². The van der Waals surface area contributed by atoms with Gasteiger partial charge in [-0.3, -0.25) is 0 Å². The Morgan fingerprint density at radius 3 is 3.00 bits per heavy atom. The molecule has 0 amide bonds. The third-order valence-electron chi connectivity index (χ3n) is 4.53. The van der Waals surface area contributed by atoms with Crippen molar-refractivity contribution in [2.24, 2.45) is 0 Å². The van der Waals surface area contributed by atoms with Crippen molar-refractivity contribution in [2.75, 3.05) is 30.3 Å². The molecule has 0 bridgehead atoms. The molecule has 1 saturated heterocycles. The normalized spacial score (nSPS) is 15.9. The minimum absolute atomic E-state index is 0.0000643. The van der Waals surface area contributed by atoms with Gasteiger partial charge in [-0.1, -0.05) is 12.1 Å². The van der Waals surface area contributed by atoms with Crippen LogP contribution < -0.4 is 20.7 Å². The fraction of sp³-hybridized carbons (Fsp3) is 0.300. The van der Waals surface area contributed by atoms with E-state index in [2.05, 4.69) is 37.8 Å². The van der Waals surface area contributed by atoms with E-state index in [9.17, 15) is 5.26 Å². The van der Waals surface area contributed by atoms with Gasteiger partial charge in [0.05, 0.1) is 6.20 Å². The van der Waals surface area contributed by atoms with Crippen LogP contribution >= 0.6 is 0 Å². The number of rotatable bonds is 6. The first-order valence-electron chi connectivity index (χ1n) is 9.31. The van der Waals surface area contributed by atoms with Crippen molar-refractivity contribution in [3.63, 3.8) is 0 Å². The predicted octanol–water partition coefficient (Wildman–Crippen LogP) is 2.81. The van der Waals surface area contributed by atoms with Gasteiger partial charge in [0, 0.05) is 30.4 Å². The molecule has 1 unspecified atom stereocenters. The fourth-order valence-electron chi connectivity index (χ4n) is 3.19. The largest absolute Gasteiger partial charge is 0.471 e. The Hall–Kier alpha value is -3.44. The average Bonchev–Trinajstić information content (AvgIpc) is 3.22. The molecule has 1 aromatic carbocycles. The maximum Gasteiger partial charge on any atom is 0.253 e. The molecule has 0 radical (unpaired) electrons. The molecule has 0 saturated carbocycles. The third-order valence-corrected chi connectivity index (χ3v) is 4.53. The van der Waals surface area contributed by atoms with Crippen molar-refractivity contribution in [1.82, 2.24) is 20.3 Å². The maximum absolute atomic E-state index is 9.27. The highest BCUT2D eigenvalue weighted by molar-refractivity contribution is 5.94. The van der Waals surface area contributed by atoms with Crippen molar-refractivity contribution in [2.45, 2.75) is 19.4 Å². The van der Waals surface area contributed by atoms with Crippen LogP contribution in [0.5, 0.6) is 5.88 Å². The number of nitrogens with zero attached hydrogens (tertiary/aromatic N) is 4. The van der Waals surface area contributed by atoms with Crippen LogP contribution in [-0.2, 0) is 0 Å². The summed E-state index contributed by atoms with van der Waals surface area (Å²) < 4.78 is 5.86. The van der Waals surface area contributed by atoms with E-state index < -0.39 is 0 Å². The van der Waals surface area contributed by atoms with Gasteiger partial charge in [-0.15, -0.1) is 0 Å². The second kappa shape index (κ2) is 8.06. The summed E-state index contributed by atoms with van der Waals surface area (Å²) in [6.45, 7) is 4.55. The topological polar surface area (TPSA) is 108 Å². The minimum Gasteiger partial charge on any atom is -0.471 e. The monoisotopic (exact) mass is 375 g/mol. The Morgan fingerprint density at radius 1 is 1.29 bits per heavy atom. The van der Waals surface area contributed by atoms with E-state index in [0.29, 0.717) is 11.6 Å². The number of hydrogen-bond donors (Lipinski definition) is 3. The molecule has 142 valence electrons. The van der Waals surface area contributed by atoms with Crippen LogP contribution in [0.1, 0.15) is 19.0 Å². The molecule has 4 rings (SSSR count). The van der Waals surface area contributed by atoms with E-state index in [4.69, 9.17) is 4.74 Å². The van der Waals surface area contributed by atoms with Crippen molar-refractivity contribution in [3.05, 3.63) is 42.4 Å². The van der Waals surface area contributed by atoms with Crippen LogP contribution in [0.4, 0.5) is 17.3 Å². The molecule has 3 N–H and O–H groups in total. The number of aromatic nitrogens is 3. The minimum atomic E-state index is -0.0000643. The average molecular weight is 375 g/mol. The number of nitrogens with one attached hydrogen (secondary N) is 3. The van der Waals surface area contributed by atoms with Gasteiger partial charge in [0.1, 0.15) is 18.0 Å². The number of ether oxygens (including phenoxy) is 1. The van der Waals surface area contributed by atoms with E-state index >= 15 is 0 Å². The van der Waals surface area contributed by atoms with Gasteiger partial charge in [0.25, 0.3) is 5.88 Å². The molecule has 0 aliphatic carbocycles. The van der Waals surface area contributed by atoms with Crippen LogP contribution in [0.3, 0.4) is 0 Å². The first-order valence-corrected chi connectivity index (χ1v) is 9.31. The molecule has 8 nitrogen and oxygen atoms in total. The summed E-state index contributed by atoms with van der Waals surface area (Å²) in [4.78, 5) is 13.1. The Bertz CT molecular complexity index is 1020. The van der Waals surface area contributed by atoms with Crippen LogP contribution in [0.25, 0.3) is 10.8 Å². The molecule has 0 spiro atoms. The summed E-state index contributed by atoms with van der Waals surface area (Å²) in [5, 5.41) is 21.1. The summed E-state index contributed by atoms with van der Waals surface area (Å²) in [5.41, 5.74) is 1.23. The molecule has 2 aromatic heterocycles. The number of anilines is 3. The number of nitriles is 1. The van der Waals surface area contributed by atoms with E-state index in [1.54, 1.807) is 0 Å². The van der Waals surface area contributed by atoms with Gasteiger partial charge in [-0.25, -0.2) is 9.97 Å². The van der Waals surface area contributed by atoms with Crippen LogP contribution in [0.2, 0.25) is 0 Å². The highest BCUT2D eigenvalue weighted by Crippen LogP contribution is 2.26. The second-order valence-electron chi connectivity index (χ2n) is 6.51. The standard InChI is InChI=1S/C20H21N7O/c1-2-23-16-5-3-4-13-8-18(25-11-15(13)16)26-19-12-24-17(9-21)20(27-19)28-14-6-7-22-10-14/h3-5,8,11-12,14,22-23H,2,6-7,10H2,1H3,(H,25,26,27). The van der Waals surface area contributed by atoms with Crippen LogP contribution in [-0.4, -0.2) is 40.7 Å². The Morgan fingerprint density at radius 2 is 2.21 bits per heavy atom. The summed E-state index contributed by atoms with van der Waals surface area (Å²) in [6, 6.07) is 10.1. The molecular weight excluding hydrogens is 354 g/mol. The lowest BCUT2D eigenvalue weighted by Crippen LogP contribution is -2.21. The van der Waals surface area contributed by atoms with Crippen LogP contribution in [0.15, 0.2) is 36.7 Å². The Labute approximate surface area is 163 Å². The van der Waals surface area contributed by atoms with E-state index in [-0.39, 0.29) is 17.7 Å². The summed E-state index contributed by atoms with van der Waals surface area (Å²) in [6.07, 6.45) is 4.22. The molecule has 1 aliphatic heterocycles. The molecule has 28 heavy (non-hydrogen) atoms. The summed E-state index contributed by atoms with van der Waals surface area (Å²) in [7, 11) is 0. The lowest BCUT2D eigenvalue weighted by Gasteiger charge is -2.13. The Kier molecular flexibility index (Phi) is 5.17. The van der Waals surface area contributed by atoms with Gasteiger partial charge >= 0.3 is 0 Å². The number of benzene rings is 1. The van der Waals surface area contributed by atoms with Crippen LogP contribution in [0, 0.1) is 11.3 Å². The molecule has 3 aromatic rings. The van der Waals surface area contributed by atoms with E-state index in [0.717, 1.165) is 42.5 Å². The first kappa shape index (κ1) is 17.9. The van der Waals surface area contributed by atoms with Crippen molar-refractivity contribution < 1.29 is 4.74 Å². The zero-order valence-corrected chi connectivity index (χ0v) is 15.6. The highest BCUT2D eigenvalue weighted by atomic mass is 16.5. The van der Waals surface area contributed by atoms with Crippen molar-refractivity contribution >= 4 is 28.1 Å². The molecule has 1 fully saturated rings. The molecule has 8 heteroatoms. The summed E-state index contributed by atoms with van der Waals surface area (Å²) in [5.74, 6) is 1.37. The van der Waals surface area contributed by atoms with Gasteiger partial charge in [0.2, 0.25) is 5.69 Å². The van der Waals surface area contributed by atoms with E-state index in [1.165, 1.54) is 6.20 Å². The smallest absolute Gasteiger partial charge is 0.253 e. The molecule has 1 atom stereocenters. The first-order chi connectivity index (χ1) is 13.8. The maximum atomic E-state index is 9.27. The van der Waals surface area contributed by atoms with Gasteiger partial charge in [-0.2, -0.15) is 10.2 Å². The van der Waals surface area contributed by atoms with E-state index in [1.807, 2.05) is 36.5 Å². The summed E-state index contributed by atoms with van der Waals surface area (Å²) >= 11 is 0. The zero-order valence-electron chi connectivity index (χ0n) is 15.6. The van der Waals surface area contributed by atoms with Gasteiger partial charge in [-0.05, 0) is 37.4 Å². The zero-order chi connectivity index (χ0) is 19.3. The lowest BCUT2D eigenvalue weighted by molar-refractivity contribution is 0.212. The molecular formula is C20H21N7O. The number of hydrogen-bond acceptors (Lipinski definition) is 8. The quantitative estimate of drug-likeness (QED) is 0.604. The molecule has 1 aliphatic rings. The van der Waals surface area contributed by atoms with Gasteiger partial charge < -0.3 is 20.7 Å². The Balaban J connectivity index is 1.59. The fourth-order valence-corrected chi connectivity index (χ4v) is 3.19. The second-order valence-corrected chi connectivity index (χ2v) is 6.51. The van der Waals surface area contributed by atoms with Crippen molar-refractivity contribution in [3.8, 4) is 11.9 Å².